The van der Waals surface area contributed by atoms with Gasteiger partial charge in [-0.2, -0.15) is 8.78 Å². The molecular formula is C16H20F2IN5O2. The average molecular weight is 479 g/mol. The van der Waals surface area contributed by atoms with Gasteiger partial charge in [0.05, 0.1) is 19.8 Å². The van der Waals surface area contributed by atoms with E-state index in [4.69, 9.17) is 9.47 Å². The molecule has 1 aliphatic rings. The number of hydrogen-bond acceptors (Lipinski definition) is 4. The van der Waals surface area contributed by atoms with E-state index < -0.39 is 6.55 Å². The lowest BCUT2D eigenvalue weighted by molar-refractivity contribution is 0.0668. The van der Waals surface area contributed by atoms with E-state index in [1.54, 1.807) is 7.05 Å². The highest BCUT2D eigenvalue weighted by Gasteiger charge is 2.13. The molecule has 0 saturated carbocycles. The number of halogens is 3. The molecule has 0 spiro atoms. The number of anilines is 1. The molecule has 0 unspecified atom stereocenters. The van der Waals surface area contributed by atoms with Gasteiger partial charge in [-0.25, -0.2) is 4.98 Å². The molecule has 7 nitrogen and oxygen atoms in total. The van der Waals surface area contributed by atoms with Crippen molar-refractivity contribution in [3.05, 3.63) is 36.4 Å². The fraction of sp³-hybridized carbons (Fsp3) is 0.375. The van der Waals surface area contributed by atoms with Crippen molar-refractivity contribution in [3.8, 4) is 11.5 Å². The van der Waals surface area contributed by atoms with Gasteiger partial charge in [0.25, 0.3) is 0 Å². The van der Waals surface area contributed by atoms with Gasteiger partial charge in [-0.05, 0) is 12.1 Å². The van der Waals surface area contributed by atoms with Crippen LogP contribution in [0.1, 0.15) is 18.8 Å². The maximum Gasteiger partial charge on any atom is 0.319 e. The third-order valence-electron chi connectivity index (χ3n) is 3.61. The summed E-state index contributed by atoms with van der Waals surface area (Å²) in [5.74, 6) is 2.01. The average Bonchev–Trinajstić information content (AvgIpc) is 2.96. The van der Waals surface area contributed by atoms with Crippen LogP contribution >= 0.6 is 24.0 Å². The minimum absolute atomic E-state index is 0. The van der Waals surface area contributed by atoms with Crippen LogP contribution in [0.15, 0.2) is 35.6 Å². The van der Waals surface area contributed by atoms with Crippen LogP contribution in [0.2, 0.25) is 0 Å². The maximum atomic E-state index is 12.8. The monoisotopic (exact) mass is 479 g/mol. The number of benzene rings is 1. The second-order valence-corrected chi connectivity index (χ2v) is 5.29. The smallest absolute Gasteiger partial charge is 0.319 e. The number of ether oxygens (including phenoxy) is 2. The lowest BCUT2D eigenvalue weighted by Gasteiger charge is -2.14. The number of rotatable bonds is 4. The van der Waals surface area contributed by atoms with Crippen LogP contribution in [-0.2, 0) is 6.54 Å². The van der Waals surface area contributed by atoms with Gasteiger partial charge in [-0.3, -0.25) is 9.56 Å². The number of nitrogens with one attached hydrogen (secondary N) is 2. The molecule has 0 bridgehead atoms. The van der Waals surface area contributed by atoms with E-state index in [0.29, 0.717) is 30.7 Å². The van der Waals surface area contributed by atoms with E-state index in [-0.39, 0.29) is 36.3 Å². The minimum atomic E-state index is -2.63. The van der Waals surface area contributed by atoms with Gasteiger partial charge in [-0.15, -0.1) is 24.0 Å². The molecular weight excluding hydrogens is 459 g/mol. The predicted molar refractivity (Wildman–Crippen MR) is 105 cm³/mol. The molecule has 3 rings (SSSR count). The van der Waals surface area contributed by atoms with Crippen LogP contribution in [0.3, 0.4) is 0 Å². The Morgan fingerprint density at radius 3 is 2.81 bits per heavy atom. The van der Waals surface area contributed by atoms with Crippen LogP contribution in [0.5, 0.6) is 11.5 Å². The van der Waals surface area contributed by atoms with Crippen LogP contribution < -0.4 is 20.1 Å². The molecule has 0 radical (unpaired) electrons. The summed E-state index contributed by atoms with van der Waals surface area (Å²) in [6, 6.07) is 5.47. The van der Waals surface area contributed by atoms with E-state index in [1.165, 1.54) is 12.4 Å². The second-order valence-electron chi connectivity index (χ2n) is 5.29. The Morgan fingerprint density at radius 1 is 1.31 bits per heavy atom. The Kier molecular flexibility index (Phi) is 7.42. The first-order chi connectivity index (χ1) is 12.2. The molecule has 142 valence electrons. The predicted octanol–water partition coefficient (Wildman–Crippen LogP) is 3.25. The molecule has 0 fully saturated rings. The summed E-state index contributed by atoms with van der Waals surface area (Å²) < 4.78 is 37.7. The van der Waals surface area contributed by atoms with Gasteiger partial charge in [0.15, 0.2) is 17.5 Å². The van der Waals surface area contributed by atoms with Crippen molar-refractivity contribution in [2.45, 2.75) is 19.5 Å². The van der Waals surface area contributed by atoms with Crippen LogP contribution in [0, 0.1) is 0 Å². The van der Waals surface area contributed by atoms with Crippen molar-refractivity contribution in [1.82, 2.24) is 14.9 Å². The third kappa shape index (κ3) is 4.96. The van der Waals surface area contributed by atoms with E-state index >= 15 is 0 Å². The van der Waals surface area contributed by atoms with Crippen molar-refractivity contribution >= 4 is 35.6 Å². The number of hydrogen-bond donors (Lipinski definition) is 2. The first-order valence-corrected chi connectivity index (χ1v) is 7.84. The Balaban J connectivity index is 0.00000243. The van der Waals surface area contributed by atoms with Gasteiger partial charge in [0, 0.05) is 37.6 Å². The first kappa shape index (κ1) is 20.2. The second kappa shape index (κ2) is 9.55. The fourth-order valence-electron chi connectivity index (χ4n) is 2.38. The summed E-state index contributed by atoms with van der Waals surface area (Å²) in [5, 5.41) is 6.05. The molecule has 1 aromatic carbocycles. The fourth-order valence-corrected chi connectivity index (χ4v) is 2.38. The molecule has 0 saturated heterocycles. The molecule has 2 heterocycles. The normalized spacial score (nSPS) is 13.8. The van der Waals surface area contributed by atoms with E-state index in [1.807, 2.05) is 18.2 Å². The number of imidazole rings is 1. The standard InChI is InChI=1S/C16H19F2N5O2.HI/c1-19-16(21-10-14-20-5-6-23(14)15(17)18)22-11-3-4-12-13(9-11)25-8-2-7-24-12;/h3-6,9,15H,2,7-8,10H2,1H3,(H2,19,21,22);1H. The van der Waals surface area contributed by atoms with Crippen molar-refractivity contribution in [1.29, 1.82) is 0 Å². The lowest BCUT2D eigenvalue weighted by Crippen LogP contribution is -2.31. The zero-order valence-corrected chi connectivity index (χ0v) is 16.4. The van der Waals surface area contributed by atoms with Crippen LogP contribution in [0.25, 0.3) is 0 Å². The highest BCUT2D eigenvalue weighted by molar-refractivity contribution is 14.0. The van der Waals surface area contributed by atoms with Gasteiger partial charge in [-0.1, -0.05) is 0 Å². The van der Waals surface area contributed by atoms with Gasteiger partial charge in [0.2, 0.25) is 0 Å². The summed E-state index contributed by atoms with van der Waals surface area (Å²) in [7, 11) is 1.60. The maximum absolute atomic E-state index is 12.8. The van der Waals surface area contributed by atoms with Crippen LogP contribution in [-0.4, -0.2) is 35.8 Å². The SMILES string of the molecule is CN=C(NCc1nccn1C(F)F)Nc1ccc2c(c1)OCCCO2.I. The number of aromatic nitrogens is 2. The molecule has 0 aliphatic carbocycles. The van der Waals surface area contributed by atoms with Gasteiger partial charge < -0.3 is 20.1 Å². The summed E-state index contributed by atoms with van der Waals surface area (Å²) >= 11 is 0. The number of guanidine groups is 1. The Bertz CT molecular complexity index is 754. The Labute approximate surface area is 166 Å². The van der Waals surface area contributed by atoms with Crippen molar-refractivity contribution in [2.24, 2.45) is 4.99 Å². The zero-order valence-electron chi connectivity index (χ0n) is 14.1. The molecule has 10 heteroatoms. The Morgan fingerprint density at radius 2 is 2.08 bits per heavy atom. The van der Waals surface area contributed by atoms with Crippen molar-refractivity contribution in [3.63, 3.8) is 0 Å². The number of alkyl halides is 2. The van der Waals surface area contributed by atoms with Gasteiger partial charge >= 0.3 is 6.55 Å². The molecule has 26 heavy (non-hydrogen) atoms. The summed E-state index contributed by atoms with van der Waals surface area (Å²) in [6.07, 6.45) is 3.41. The molecule has 2 aromatic rings. The van der Waals surface area contributed by atoms with E-state index in [2.05, 4.69) is 20.6 Å². The lowest BCUT2D eigenvalue weighted by atomic mass is 10.3. The first-order valence-electron chi connectivity index (χ1n) is 7.84. The Hall–Kier alpha value is -2.11. The quantitative estimate of drug-likeness (QED) is 0.401. The topological polar surface area (TPSA) is 72.7 Å². The number of fused-ring (bicyclic) bond motifs is 1. The summed E-state index contributed by atoms with van der Waals surface area (Å²) in [6.45, 7) is -1.29. The van der Waals surface area contributed by atoms with Crippen molar-refractivity contribution in [2.75, 3.05) is 25.6 Å². The highest BCUT2D eigenvalue weighted by Crippen LogP contribution is 2.32. The van der Waals surface area contributed by atoms with E-state index in [0.717, 1.165) is 16.7 Å². The largest absolute Gasteiger partial charge is 0.490 e. The van der Waals surface area contributed by atoms with Crippen molar-refractivity contribution < 1.29 is 18.3 Å². The van der Waals surface area contributed by atoms with Gasteiger partial charge in [0.1, 0.15) is 5.82 Å². The number of nitrogens with zero attached hydrogens (tertiary/aromatic N) is 3. The highest BCUT2D eigenvalue weighted by atomic mass is 127. The molecule has 1 aromatic heterocycles. The third-order valence-corrected chi connectivity index (χ3v) is 3.61. The molecule has 1 aliphatic heterocycles. The zero-order chi connectivity index (χ0) is 17.6. The van der Waals surface area contributed by atoms with E-state index in [9.17, 15) is 8.78 Å². The molecule has 2 N–H and O–H groups in total. The van der Waals surface area contributed by atoms with Crippen LogP contribution in [0.4, 0.5) is 14.5 Å². The minimum Gasteiger partial charge on any atom is -0.490 e. The summed E-state index contributed by atoms with van der Waals surface area (Å²) in [5.41, 5.74) is 0.745. The molecule has 0 atom stereocenters. The summed E-state index contributed by atoms with van der Waals surface area (Å²) in [4.78, 5) is 8.01. The number of aliphatic imine (C=N–C) groups is 1. The molecule has 0 amide bonds.